The van der Waals surface area contributed by atoms with Crippen molar-refractivity contribution < 1.29 is 4.79 Å². The Bertz CT molecular complexity index is 626. The first-order valence-electron chi connectivity index (χ1n) is 8.10. The highest BCUT2D eigenvalue weighted by Gasteiger charge is 2.18. The van der Waals surface area contributed by atoms with E-state index in [4.69, 9.17) is 5.73 Å². The summed E-state index contributed by atoms with van der Waals surface area (Å²) < 4.78 is 0. The van der Waals surface area contributed by atoms with Gasteiger partial charge in [-0.15, -0.1) is 12.4 Å². The normalized spacial score (nSPS) is 11.7. The lowest BCUT2D eigenvalue weighted by molar-refractivity contribution is -0.131. The Morgan fingerprint density at radius 3 is 2.12 bits per heavy atom. The molecule has 0 fully saturated rings. The molecule has 1 atom stereocenters. The Morgan fingerprint density at radius 2 is 1.58 bits per heavy atom. The van der Waals surface area contributed by atoms with E-state index in [-0.39, 0.29) is 18.3 Å². The number of hydrogen-bond acceptors (Lipinski definition) is 2. The second-order valence-corrected chi connectivity index (χ2v) is 6.39. The number of nitrogens with zero attached hydrogens (tertiary/aromatic N) is 1. The van der Waals surface area contributed by atoms with Crippen LogP contribution >= 0.6 is 12.4 Å². The van der Waals surface area contributed by atoms with Crippen molar-refractivity contribution >= 4 is 18.3 Å². The van der Waals surface area contributed by atoms with E-state index < -0.39 is 6.04 Å². The van der Waals surface area contributed by atoms with E-state index in [0.29, 0.717) is 18.9 Å². The zero-order valence-corrected chi connectivity index (χ0v) is 15.4. The van der Waals surface area contributed by atoms with E-state index in [0.717, 1.165) is 11.1 Å². The highest BCUT2D eigenvalue weighted by atomic mass is 35.5. The Hall–Kier alpha value is -1.84. The van der Waals surface area contributed by atoms with Crippen LogP contribution in [0.4, 0.5) is 0 Å². The molecule has 1 amide bonds. The summed E-state index contributed by atoms with van der Waals surface area (Å²) in [7, 11) is 1.81. The average molecular weight is 347 g/mol. The molecule has 0 heterocycles. The van der Waals surface area contributed by atoms with Crippen LogP contribution in [0.15, 0.2) is 54.6 Å². The summed E-state index contributed by atoms with van der Waals surface area (Å²) in [5.74, 6) is 0.490. The molecule has 2 aromatic rings. The predicted octanol–water partition coefficient (Wildman–Crippen LogP) is 3.76. The summed E-state index contributed by atoms with van der Waals surface area (Å²) in [6.07, 6.45) is 0.566. The van der Waals surface area contributed by atoms with Gasteiger partial charge >= 0.3 is 0 Å². The lowest BCUT2D eigenvalue weighted by Crippen LogP contribution is -2.42. The fourth-order valence-electron chi connectivity index (χ4n) is 2.60. The van der Waals surface area contributed by atoms with Gasteiger partial charge in [0.2, 0.25) is 5.91 Å². The van der Waals surface area contributed by atoms with Crippen LogP contribution in [0.2, 0.25) is 0 Å². The monoisotopic (exact) mass is 346 g/mol. The number of nitrogens with two attached hydrogens (primary N) is 1. The molecular weight excluding hydrogens is 320 g/mol. The molecule has 0 spiro atoms. The van der Waals surface area contributed by atoms with Gasteiger partial charge in [0.05, 0.1) is 6.04 Å². The van der Waals surface area contributed by atoms with Crippen LogP contribution in [0.3, 0.4) is 0 Å². The van der Waals surface area contributed by atoms with Gasteiger partial charge in [-0.1, -0.05) is 68.4 Å². The zero-order valence-electron chi connectivity index (χ0n) is 14.6. The summed E-state index contributed by atoms with van der Waals surface area (Å²) >= 11 is 0. The van der Waals surface area contributed by atoms with Gasteiger partial charge in [0.1, 0.15) is 0 Å². The molecule has 24 heavy (non-hydrogen) atoms. The molecule has 0 aliphatic heterocycles. The summed E-state index contributed by atoms with van der Waals surface area (Å²) in [4.78, 5) is 14.1. The minimum absolute atomic E-state index is 0. The van der Waals surface area contributed by atoms with Crippen molar-refractivity contribution in [3.8, 4) is 0 Å². The van der Waals surface area contributed by atoms with Gasteiger partial charge in [0.15, 0.2) is 0 Å². The third-order valence-electron chi connectivity index (χ3n) is 4.06. The largest absolute Gasteiger partial charge is 0.340 e. The maximum atomic E-state index is 12.4. The Balaban J connectivity index is 0.00000288. The molecule has 0 saturated carbocycles. The molecule has 3 nitrogen and oxygen atoms in total. The fourth-order valence-corrected chi connectivity index (χ4v) is 2.60. The second kappa shape index (κ2) is 9.45. The van der Waals surface area contributed by atoms with Gasteiger partial charge in [0.25, 0.3) is 0 Å². The number of halogens is 1. The second-order valence-electron chi connectivity index (χ2n) is 6.39. The zero-order chi connectivity index (χ0) is 16.8. The van der Waals surface area contributed by atoms with E-state index in [2.05, 4.69) is 38.1 Å². The van der Waals surface area contributed by atoms with Gasteiger partial charge in [-0.2, -0.15) is 0 Å². The van der Waals surface area contributed by atoms with Crippen molar-refractivity contribution in [2.75, 3.05) is 7.05 Å². The van der Waals surface area contributed by atoms with Crippen molar-refractivity contribution in [3.63, 3.8) is 0 Å². The van der Waals surface area contributed by atoms with E-state index >= 15 is 0 Å². The molecule has 2 rings (SSSR count). The van der Waals surface area contributed by atoms with Gasteiger partial charge < -0.3 is 10.6 Å². The molecule has 130 valence electrons. The van der Waals surface area contributed by atoms with Crippen molar-refractivity contribution in [2.45, 2.75) is 38.8 Å². The highest BCUT2D eigenvalue weighted by molar-refractivity contribution is 5.85. The van der Waals surface area contributed by atoms with Crippen molar-refractivity contribution in [2.24, 2.45) is 5.73 Å². The third kappa shape index (κ3) is 5.66. The molecule has 0 radical (unpaired) electrons. The Labute approximate surface area is 151 Å². The van der Waals surface area contributed by atoms with E-state index in [1.807, 2.05) is 37.4 Å². The van der Waals surface area contributed by atoms with Crippen LogP contribution in [-0.4, -0.2) is 23.9 Å². The molecule has 0 saturated heterocycles. The van der Waals surface area contributed by atoms with Crippen LogP contribution in [0.1, 0.15) is 36.5 Å². The number of benzene rings is 2. The molecule has 0 aromatic heterocycles. The molecule has 0 bridgehead atoms. The fraction of sp³-hybridized carbons (Fsp3) is 0.350. The molecule has 2 N–H and O–H groups in total. The molecular formula is C20H27ClN2O. The first-order valence-corrected chi connectivity index (χ1v) is 8.10. The van der Waals surface area contributed by atoms with Crippen LogP contribution in [0, 0.1) is 0 Å². The molecule has 0 aliphatic carbocycles. The van der Waals surface area contributed by atoms with Crippen molar-refractivity contribution in [3.05, 3.63) is 71.3 Å². The Kier molecular flexibility index (Phi) is 7.96. The molecule has 2 aromatic carbocycles. The van der Waals surface area contributed by atoms with E-state index in [9.17, 15) is 4.79 Å². The summed E-state index contributed by atoms with van der Waals surface area (Å²) in [5, 5.41) is 0. The minimum atomic E-state index is -0.502. The smallest absolute Gasteiger partial charge is 0.239 e. The minimum Gasteiger partial charge on any atom is -0.340 e. The number of carbonyl (C=O) groups is 1. The van der Waals surface area contributed by atoms with Gasteiger partial charge in [-0.05, 0) is 29.0 Å². The van der Waals surface area contributed by atoms with Gasteiger partial charge in [-0.25, -0.2) is 0 Å². The van der Waals surface area contributed by atoms with Crippen LogP contribution in [0.5, 0.6) is 0 Å². The van der Waals surface area contributed by atoms with Gasteiger partial charge in [-0.3, -0.25) is 4.79 Å². The maximum absolute atomic E-state index is 12.4. The SMILES string of the molecule is CC(C)c1ccc(CN(C)C(=O)C(N)Cc2ccccc2)cc1.Cl. The number of rotatable bonds is 6. The number of amides is 1. The van der Waals surface area contributed by atoms with Crippen LogP contribution in [0.25, 0.3) is 0 Å². The van der Waals surface area contributed by atoms with Crippen LogP contribution < -0.4 is 5.73 Å². The predicted molar refractivity (Wildman–Crippen MR) is 102 cm³/mol. The first kappa shape index (κ1) is 20.2. The standard InChI is InChI=1S/C20H26N2O.ClH/c1-15(2)18-11-9-17(10-12-18)14-22(3)20(23)19(21)13-16-7-5-4-6-8-16;/h4-12,15,19H,13-14,21H2,1-3H3;1H. The summed E-state index contributed by atoms with van der Waals surface area (Å²) in [6.45, 7) is 4.93. The average Bonchev–Trinajstić information content (AvgIpc) is 2.55. The van der Waals surface area contributed by atoms with E-state index in [1.165, 1.54) is 5.56 Å². The summed E-state index contributed by atoms with van der Waals surface area (Å²) in [6, 6.07) is 17.8. The van der Waals surface area contributed by atoms with Crippen molar-refractivity contribution in [1.82, 2.24) is 4.90 Å². The number of hydrogen-bond donors (Lipinski definition) is 1. The first-order chi connectivity index (χ1) is 11.0. The van der Waals surface area contributed by atoms with Crippen molar-refractivity contribution in [1.29, 1.82) is 0 Å². The number of likely N-dealkylation sites (N-methyl/N-ethyl adjacent to an activating group) is 1. The third-order valence-corrected chi connectivity index (χ3v) is 4.06. The highest BCUT2D eigenvalue weighted by Crippen LogP contribution is 2.15. The molecule has 4 heteroatoms. The topological polar surface area (TPSA) is 46.3 Å². The number of carbonyl (C=O) groups excluding carboxylic acids is 1. The maximum Gasteiger partial charge on any atom is 0.239 e. The summed E-state index contributed by atoms with van der Waals surface area (Å²) in [5.41, 5.74) is 9.59. The van der Waals surface area contributed by atoms with E-state index in [1.54, 1.807) is 4.90 Å². The lowest BCUT2D eigenvalue weighted by Gasteiger charge is -2.22. The Morgan fingerprint density at radius 1 is 1.00 bits per heavy atom. The van der Waals surface area contributed by atoms with Gasteiger partial charge in [0, 0.05) is 13.6 Å². The quantitative estimate of drug-likeness (QED) is 0.865. The molecule has 0 aliphatic rings. The van der Waals surface area contributed by atoms with Crippen LogP contribution in [-0.2, 0) is 17.8 Å². The molecule has 1 unspecified atom stereocenters. The lowest BCUT2D eigenvalue weighted by atomic mass is 10.0.